The van der Waals surface area contributed by atoms with Gasteiger partial charge in [-0.25, -0.2) is 0 Å². The van der Waals surface area contributed by atoms with Crippen LogP contribution in [0.5, 0.6) is 0 Å². The summed E-state index contributed by atoms with van der Waals surface area (Å²) in [7, 11) is 0. The van der Waals surface area contributed by atoms with Crippen LogP contribution in [0, 0.1) is 0 Å². The van der Waals surface area contributed by atoms with Crippen LogP contribution < -0.4 is 5.32 Å². The summed E-state index contributed by atoms with van der Waals surface area (Å²) in [6.07, 6.45) is 1.21. The van der Waals surface area contributed by atoms with Crippen molar-refractivity contribution in [2.45, 2.75) is 32.9 Å². The second kappa shape index (κ2) is 6.84. The van der Waals surface area contributed by atoms with Gasteiger partial charge in [0.1, 0.15) is 0 Å². The van der Waals surface area contributed by atoms with Crippen molar-refractivity contribution in [1.82, 2.24) is 5.32 Å². The number of hydrogen-bond donors (Lipinski definition) is 2. The monoisotopic (exact) mass is 295 g/mol. The molecule has 0 bridgehead atoms. The minimum Gasteiger partial charge on any atom is -0.481 e. The van der Waals surface area contributed by atoms with Gasteiger partial charge in [0.05, 0.1) is 6.42 Å². The molecule has 2 aromatic heterocycles. The third kappa shape index (κ3) is 4.45. The number of carbonyl (C=O) groups is 1. The number of aliphatic carboxylic acids is 1. The summed E-state index contributed by atoms with van der Waals surface area (Å²) in [4.78, 5) is 15.5. The highest BCUT2D eigenvalue weighted by molar-refractivity contribution is 7.12. The lowest BCUT2D eigenvalue weighted by Crippen LogP contribution is -2.10. The third-order valence-corrected chi connectivity index (χ3v) is 5.02. The van der Waals surface area contributed by atoms with E-state index < -0.39 is 5.97 Å². The number of aryl methyl sites for hydroxylation is 1. The third-order valence-electron chi connectivity index (χ3n) is 2.71. The summed E-state index contributed by atoms with van der Waals surface area (Å²) < 4.78 is 0. The Balaban J connectivity index is 1.79. The van der Waals surface area contributed by atoms with E-state index in [4.69, 9.17) is 5.11 Å². The van der Waals surface area contributed by atoms with Crippen molar-refractivity contribution in [3.63, 3.8) is 0 Å². The molecule has 0 aliphatic rings. The summed E-state index contributed by atoms with van der Waals surface area (Å²) in [6.45, 7) is 3.83. The zero-order valence-electron chi connectivity index (χ0n) is 10.8. The minimum atomic E-state index is -0.771. The minimum absolute atomic E-state index is 0.120. The van der Waals surface area contributed by atoms with Crippen LogP contribution in [0.2, 0.25) is 0 Å². The van der Waals surface area contributed by atoms with Crippen molar-refractivity contribution in [3.8, 4) is 0 Å². The molecule has 0 unspecified atom stereocenters. The van der Waals surface area contributed by atoms with Crippen LogP contribution >= 0.6 is 22.7 Å². The zero-order chi connectivity index (χ0) is 13.7. The molecular weight excluding hydrogens is 278 g/mol. The van der Waals surface area contributed by atoms with E-state index in [0.29, 0.717) is 0 Å². The summed E-state index contributed by atoms with van der Waals surface area (Å²) in [5, 5.41) is 12.1. The molecule has 3 nitrogen and oxygen atoms in total. The molecule has 0 amide bonds. The van der Waals surface area contributed by atoms with Crippen molar-refractivity contribution in [2.75, 3.05) is 0 Å². The average molecular weight is 295 g/mol. The first-order valence-electron chi connectivity index (χ1n) is 6.25. The van der Waals surface area contributed by atoms with E-state index in [2.05, 4.69) is 24.4 Å². The highest BCUT2D eigenvalue weighted by Crippen LogP contribution is 2.19. The number of rotatable bonds is 7. The Kier molecular flexibility index (Phi) is 5.13. The van der Waals surface area contributed by atoms with E-state index in [1.165, 1.54) is 14.6 Å². The normalized spacial score (nSPS) is 10.8. The molecule has 0 aromatic carbocycles. The largest absolute Gasteiger partial charge is 0.481 e. The molecule has 2 rings (SSSR count). The van der Waals surface area contributed by atoms with Gasteiger partial charge in [0.25, 0.3) is 0 Å². The fourth-order valence-corrected chi connectivity index (χ4v) is 3.68. The molecule has 0 spiro atoms. The number of hydrogen-bond acceptors (Lipinski definition) is 4. The van der Waals surface area contributed by atoms with Gasteiger partial charge in [-0.3, -0.25) is 4.79 Å². The van der Waals surface area contributed by atoms with E-state index in [9.17, 15) is 4.79 Å². The molecule has 0 aliphatic carbocycles. The van der Waals surface area contributed by atoms with Crippen molar-refractivity contribution in [1.29, 1.82) is 0 Å². The lowest BCUT2D eigenvalue weighted by molar-refractivity contribution is -0.136. The van der Waals surface area contributed by atoms with Gasteiger partial charge in [0, 0.05) is 32.6 Å². The smallest absolute Gasteiger partial charge is 0.308 e. The summed E-state index contributed by atoms with van der Waals surface area (Å²) in [6, 6.07) is 8.25. The predicted molar refractivity (Wildman–Crippen MR) is 79.9 cm³/mol. The topological polar surface area (TPSA) is 49.3 Å². The predicted octanol–water partition coefficient (Wildman–Crippen LogP) is 3.29. The van der Waals surface area contributed by atoms with Crippen LogP contribution in [0.25, 0.3) is 0 Å². The molecule has 2 heterocycles. The van der Waals surface area contributed by atoms with Crippen molar-refractivity contribution >= 4 is 28.6 Å². The Labute approximate surface area is 120 Å². The van der Waals surface area contributed by atoms with E-state index in [-0.39, 0.29) is 6.42 Å². The molecule has 0 fully saturated rings. The van der Waals surface area contributed by atoms with Gasteiger partial charge in [-0.1, -0.05) is 6.92 Å². The van der Waals surface area contributed by atoms with Crippen molar-refractivity contribution < 1.29 is 9.90 Å². The Morgan fingerprint density at radius 3 is 2.11 bits per heavy atom. The summed E-state index contributed by atoms with van der Waals surface area (Å²) in [5.41, 5.74) is 0. The van der Waals surface area contributed by atoms with Gasteiger partial charge >= 0.3 is 5.97 Å². The van der Waals surface area contributed by atoms with Crippen LogP contribution in [0.4, 0.5) is 0 Å². The Morgan fingerprint density at radius 2 is 1.58 bits per heavy atom. The first-order valence-corrected chi connectivity index (χ1v) is 7.88. The average Bonchev–Trinajstić information content (AvgIpc) is 2.98. The number of thiophene rings is 2. The van der Waals surface area contributed by atoms with Crippen molar-refractivity contribution in [3.05, 3.63) is 43.8 Å². The van der Waals surface area contributed by atoms with E-state index in [1.54, 1.807) is 11.3 Å². The molecule has 5 heteroatoms. The first kappa shape index (κ1) is 14.2. The van der Waals surface area contributed by atoms with Gasteiger partial charge < -0.3 is 10.4 Å². The van der Waals surface area contributed by atoms with E-state index in [1.807, 2.05) is 23.5 Å². The highest BCUT2D eigenvalue weighted by atomic mass is 32.1. The Bertz CT molecular complexity index is 545. The van der Waals surface area contributed by atoms with Crippen LogP contribution in [0.3, 0.4) is 0 Å². The molecule has 0 aliphatic heterocycles. The van der Waals surface area contributed by atoms with Crippen molar-refractivity contribution in [2.24, 2.45) is 0 Å². The van der Waals surface area contributed by atoms with Crippen LogP contribution in [0.15, 0.2) is 24.3 Å². The van der Waals surface area contributed by atoms with Gasteiger partial charge in [-0.2, -0.15) is 0 Å². The van der Waals surface area contributed by atoms with Crippen LogP contribution in [-0.4, -0.2) is 11.1 Å². The van der Waals surface area contributed by atoms with Gasteiger partial charge in [-0.15, -0.1) is 22.7 Å². The van der Waals surface area contributed by atoms with Crippen LogP contribution in [-0.2, 0) is 30.7 Å². The molecule has 0 atom stereocenters. The highest BCUT2D eigenvalue weighted by Gasteiger charge is 2.04. The molecule has 2 aromatic rings. The molecule has 19 heavy (non-hydrogen) atoms. The second-order valence-corrected chi connectivity index (χ2v) is 6.77. The Morgan fingerprint density at radius 1 is 1.05 bits per heavy atom. The zero-order valence-corrected chi connectivity index (χ0v) is 12.4. The lowest BCUT2D eigenvalue weighted by Gasteiger charge is -2.00. The lowest BCUT2D eigenvalue weighted by atomic mass is 10.3. The second-order valence-electron chi connectivity index (χ2n) is 4.26. The van der Waals surface area contributed by atoms with Gasteiger partial charge in [0.15, 0.2) is 0 Å². The molecule has 102 valence electrons. The summed E-state index contributed by atoms with van der Waals surface area (Å²) >= 11 is 3.41. The fourth-order valence-electron chi connectivity index (χ4n) is 1.78. The van der Waals surface area contributed by atoms with Gasteiger partial charge in [0.2, 0.25) is 0 Å². The Hall–Kier alpha value is -1.17. The summed E-state index contributed by atoms with van der Waals surface area (Å²) in [5.74, 6) is -0.771. The van der Waals surface area contributed by atoms with Crippen LogP contribution in [0.1, 0.15) is 26.4 Å². The molecule has 2 N–H and O–H groups in total. The SMILES string of the molecule is CCc1ccc(CNCc2ccc(CC(=O)O)s2)s1. The maximum atomic E-state index is 10.6. The maximum absolute atomic E-state index is 10.6. The quantitative estimate of drug-likeness (QED) is 0.824. The number of carboxylic acids is 1. The van der Waals surface area contributed by atoms with Gasteiger partial charge in [-0.05, 0) is 30.7 Å². The molecule has 0 saturated heterocycles. The fraction of sp³-hybridized carbons (Fsp3) is 0.357. The number of carboxylic acid groups (broad SMARTS) is 1. The van der Waals surface area contributed by atoms with E-state index in [0.717, 1.165) is 24.4 Å². The maximum Gasteiger partial charge on any atom is 0.308 e. The molecule has 0 radical (unpaired) electrons. The molecular formula is C14H17NO2S2. The standard InChI is InChI=1S/C14H17NO2S2/c1-2-10-3-5-12(18-10)8-15-9-13-6-4-11(19-13)7-14(16)17/h3-6,15H,2,7-9H2,1H3,(H,16,17). The van der Waals surface area contributed by atoms with E-state index >= 15 is 0 Å². The molecule has 0 saturated carbocycles. The first-order chi connectivity index (χ1) is 9.17. The number of nitrogens with one attached hydrogen (secondary N) is 1.